The summed E-state index contributed by atoms with van der Waals surface area (Å²) in [4.78, 5) is 15.4. The normalized spacial score (nSPS) is 24.4. The average molecular weight is 436 g/mol. The number of carbonyl (C=O) groups excluding carboxylic acids is 1. The Morgan fingerprint density at radius 3 is 2.59 bits per heavy atom. The zero-order chi connectivity index (χ0) is 18.7. The van der Waals surface area contributed by atoms with E-state index in [1.807, 2.05) is 4.90 Å². The van der Waals surface area contributed by atoms with Crippen molar-refractivity contribution in [2.24, 2.45) is 11.7 Å². The molecule has 27 heavy (non-hydrogen) atoms. The van der Waals surface area contributed by atoms with E-state index in [0.717, 1.165) is 43.5 Å². The molecule has 1 aromatic rings. The van der Waals surface area contributed by atoms with E-state index >= 15 is 0 Å². The largest absolute Gasteiger partial charge is 0.338 e. The molecular weight excluding hydrogens is 406 g/mol. The molecule has 2 fully saturated rings. The van der Waals surface area contributed by atoms with E-state index < -0.39 is 10.0 Å². The highest BCUT2D eigenvalue weighted by molar-refractivity contribution is 7.91. The van der Waals surface area contributed by atoms with Gasteiger partial charge in [-0.1, -0.05) is 13.3 Å². The summed E-state index contributed by atoms with van der Waals surface area (Å²) in [6.07, 6.45) is 5.13. The van der Waals surface area contributed by atoms with Gasteiger partial charge in [-0.2, -0.15) is 4.31 Å². The molecule has 2 aliphatic heterocycles. The number of nitrogens with two attached hydrogens (primary N) is 1. The van der Waals surface area contributed by atoms with Gasteiger partial charge in [0.15, 0.2) is 0 Å². The zero-order valence-electron chi connectivity index (χ0n) is 15.8. The first-order valence-corrected chi connectivity index (χ1v) is 11.8. The Kier molecular flexibility index (Phi) is 8.12. The standard InChI is InChI=1S/C18H29N3O3S2.ClH/c1-14-7-10-21(15(11-14)13-19)17(22)12-16-5-6-18(25-16)26(23,24)20-8-3-2-4-9-20;/h5-6,14-15H,2-4,7-13,19H2,1H3;1H. The van der Waals surface area contributed by atoms with Crippen molar-refractivity contribution in [3.63, 3.8) is 0 Å². The molecule has 1 aromatic heterocycles. The number of halogens is 1. The summed E-state index contributed by atoms with van der Waals surface area (Å²) in [5.41, 5.74) is 5.85. The van der Waals surface area contributed by atoms with Gasteiger partial charge >= 0.3 is 0 Å². The fourth-order valence-corrected chi connectivity index (χ4v) is 6.90. The number of carbonyl (C=O) groups is 1. The highest BCUT2D eigenvalue weighted by atomic mass is 35.5. The number of hydrogen-bond donors (Lipinski definition) is 1. The number of rotatable bonds is 5. The fraction of sp³-hybridized carbons (Fsp3) is 0.722. The molecule has 2 atom stereocenters. The lowest BCUT2D eigenvalue weighted by molar-refractivity contribution is -0.134. The van der Waals surface area contributed by atoms with Crippen molar-refractivity contribution in [1.29, 1.82) is 0 Å². The van der Waals surface area contributed by atoms with E-state index in [4.69, 9.17) is 5.73 Å². The van der Waals surface area contributed by atoms with Crippen LogP contribution in [0.2, 0.25) is 0 Å². The van der Waals surface area contributed by atoms with Crippen molar-refractivity contribution in [1.82, 2.24) is 9.21 Å². The fourth-order valence-electron chi connectivity index (χ4n) is 3.88. The van der Waals surface area contributed by atoms with Crippen LogP contribution in [0.4, 0.5) is 0 Å². The molecular formula is C18H30ClN3O3S2. The molecule has 0 radical (unpaired) electrons. The summed E-state index contributed by atoms with van der Waals surface area (Å²) in [5, 5.41) is 0. The van der Waals surface area contributed by atoms with Crippen molar-refractivity contribution in [3.8, 4) is 0 Å². The molecule has 0 aliphatic carbocycles. The molecule has 2 saturated heterocycles. The van der Waals surface area contributed by atoms with E-state index in [2.05, 4.69) is 6.92 Å². The van der Waals surface area contributed by atoms with Gasteiger partial charge in [-0.3, -0.25) is 4.79 Å². The van der Waals surface area contributed by atoms with Crippen LogP contribution >= 0.6 is 23.7 Å². The van der Waals surface area contributed by atoms with Crippen LogP contribution in [0.3, 0.4) is 0 Å². The molecule has 0 aromatic carbocycles. The number of nitrogens with zero attached hydrogens (tertiary/aromatic N) is 2. The summed E-state index contributed by atoms with van der Waals surface area (Å²) in [7, 11) is -3.42. The third-order valence-corrected chi connectivity index (χ3v) is 8.89. The maximum absolute atomic E-state index is 12.7. The van der Waals surface area contributed by atoms with Gasteiger partial charge in [0.2, 0.25) is 5.91 Å². The van der Waals surface area contributed by atoms with Crippen LogP contribution < -0.4 is 5.73 Å². The Bertz CT molecular complexity index is 732. The summed E-state index contributed by atoms with van der Waals surface area (Å²) < 4.78 is 27.4. The molecule has 2 N–H and O–H groups in total. The Balaban J connectivity index is 0.00000261. The summed E-state index contributed by atoms with van der Waals surface area (Å²) in [5.74, 6) is 0.645. The zero-order valence-corrected chi connectivity index (χ0v) is 18.3. The van der Waals surface area contributed by atoms with Crippen molar-refractivity contribution >= 4 is 39.7 Å². The van der Waals surface area contributed by atoms with Crippen LogP contribution in [0.5, 0.6) is 0 Å². The van der Waals surface area contributed by atoms with E-state index in [1.165, 1.54) is 11.3 Å². The predicted molar refractivity (Wildman–Crippen MR) is 111 cm³/mol. The van der Waals surface area contributed by atoms with Gasteiger partial charge in [0.25, 0.3) is 10.0 Å². The van der Waals surface area contributed by atoms with Crippen molar-refractivity contribution in [3.05, 3.63) is 17.0 Å². The SMILES string of the molecule is CC1CCN(C(=O)Cc2ccc(S(=O)(=O)N3CCCCC3)s2)C(CN)C1.Cl. The Morgan fingerprint density at radius 2 is 1.93 bits per heavy atom. The smallest absolute Gasteiger partial charge is 0.252 e. The van der Waals surface area contributed by atoms with E-state index in [9.17, 15) is 13.2 Å². The number of hydrogen-bond acceptors (Lipinski definition) is 5. The molecule has 0 saturated carbocycles. The van der Waals surface area contributed by atoms with Crippen LogP contribution in [0.15, 0.2) is 16.3 Å². The monoisotopic (exact) mass is 435 g/mol. The number of likely N-dealkylation sites (tertiary alicyclic amines) is 1. The van der Waals surface area contributed by atoms with E-state index in [-0.39, 0.29) is 30.8 Å². The lowest BCUT2D eigenvalue weighted by atomic mass is 9.92. The lowest BCUT2D eigenvalue weighted by Gasteiger charge is -2.38. The Labute approximate surface area is 172 Å². The quantitative estimate of drug-likeness (QED) is 0.769. The maximum Gasteiger partial charge on any atom is 0.252 e. The second-order valence-electron chi connectivity index (χ2n) is 7.47. The highest BCUT2D eigenvalue weighted by Crippen LogP contribution is 2.28. The number of amides is 1. The molecule has 2 unspecified atom stereocenters. The van der Waals surface area contributed by atoms with E-state index in [1.54, 1.807) is 16.4 Å². The molecule has 9 heteroatoms. The molecule has 3 rings (SSSR count). The summed E-state index contributed by atoms with van der Waals surface area (Å²) in [6, 6.07) is 3.53. The number of sulfonamides is 1. The highest BCUT2D eigenvalue weighted by Gasteiger charge is 2.30. The minimum Gasteiger partial charge on any atom is -0.338 e. The van der Waals surface area contributed by atoms with Crippen LogP contribution in [-0.2, 0) is 21.2 Å². The first-order chi connectivity index (χ1) is 12.4. The second kappa shape index (κ2) is 9.69. The van der Waals surface area contributed by atoms with Gasteiger partial charge in [-0.25, -0.2) is 8.42 Å². The van der Waals surface area contributed by atoms with Crippen LogP contribution in [0.1, 0.15) is 43.9 Å². The molecule has 2 aliphatic rings. The molecule has 3 heterocycles. The van der Waals surface area contributed by atoms with Crippen LogP contribution in [-0.4, -0.2) is 55.8 Å². The third kappa shape index (κ3) is 5.23. The Hall–Kier alpha value is -0.670. The first kappa shape index (κ1) is 22.6. The van der Waals surface area contributed by atoms with Crippen LogP contribution in [0.25, 0.3) is 0 Å². The third-order valence-electron chi connectivity index (χ3n) is 5.44. The minimum atomic E-state index is -3.42. The first-order valence-electron chi connectivity index (χ1n) is 9.50. The molecule has 0 spiro atoms. The average Bonchev–Trinajstić information content (AvgIpc) is 3.11. The van der Waals surface area contributed by atoms with Crippen molar-refractivity contribution in [2.45, 2.75) is 55.7 Å². The topological polar surface area (TPSA) is 83.7 Å². The van der Waals surface area contributed by atoms with Crippen molar-refractivity contribution < 1.29 is 13.2 Å². The molecule has 1 amide bonds. The molecule has 0 bridgehead atoms. The second-order valence-corrected chi connectivity index (χ2v) is 10.8. The molecule has 6 nitrogen and oxygen atoms in total. The Morgan fingerprint density at radius 1 is 1.22 bits per heavy atom. The van der Waals surface area contributed by atoms with Crippen molar-refractivity contribution in [2.75, 3.05) is 26.2 Å². The van der Waals surface area contributed by atoms with Gasteiger partial charge in [0.05, 0.1) is 6.42 Å². The molecule has 154 valence electrons. The number of thiophene rings is 1. The van der Waals surface area contributed by atoms with Crippen LogP contribution in [0, 0.1) is 5.92 Å². The lowest BCUT2D eigenvalue weighted by Crippen LogP contribution is -2.49. The summed E-state index contributed by atoms with van der Waals surface area (Å²) in [6.45, 7) is 4.61. The maximum atomic E-state index is 12.7. The van der Waals surface area contributed by atoms with E-state index in [0.29, 0.717) is 29.8 Å². The van der Waals surface area contributed by atoms with Gasteiger partial charge in [-0.15, -0.1) is 23.7 Å². The van der Waals surface area contributed by atoms with Gasteiger partial charge in [-0.05, 0) is 43.7 Å². The van der Waals surface area contributed by atoms with Gasteiger partial charge in [0, 0.05) is 37.1 Å². The minimum absolute atomic E-state index is 0. The summed E-state index contributed by atoms with van der Waals surface area (Å²) >= 11 is 1.23. The number of piperidine rings is 2. The van der Waals surface area contributed by atoms with Gasteiger partial charge in [0.1, 0.15) is 4.21 Å². The predicted octanol–water partition coefficient (Wildman–Crippen LogP) is 2.47. The van der Waals surface area contributed by atoms with Gasteiger partial charge < -0.3 is 10.6 Å².